The molecule has 0 aliphatic heterocycles. The Morgan fingerprint density at radius 3 is 2.56 bits per heavy atom. The van der Waals surface area contributed by atoms with E-state index in [1.54, 1.807) is 18.4 Å². The fraction of sp³-hybridized carbons (Fsp3) is 0.333. The van der Waals surface area contributed by atoms with Crippen molar-refractivity contribution in [1.82, 2.24) is 0 Å². The number of aryl methyl sites for hydroxylation is 1. The summed E-state index contributed by atoms with van der Waals surface area (Å²) in [5, 5.41) is 0.958. The van der Waals surface area contributed by atoms with Gasteiger partial charge in [0.1, 0.15) is 0 Å². The molecule has 1 nitrogen and oxygen atoms in total. The quantitative estimate of drug-likeness (QED) is 0.687. The molecule has 1 aromatic rings. The van der Waals surface area contributed by atoms with Crippen LogP contribution in [0.1, 0.15) is 4.88 Å². The van der Waals surface area contributed by atoms with Crippen LogP contribution in [0.5, 0.6) is 5.06 Å². The molecule has 9 heavy (non-hydrogen) atoms. The first-order valence-electron chi connectivity index (χ1n) is 2.54. The molecule has 0 saturated heterocycles. The first-order chi connectivity index (χ1) is 4.24. The summed E-state index contributed by atoms with van der Waals surface area (Å²) in [6.45, 7) is 2.05. The molecule has 1 rings (SSSR count). The number of ether oxygens (including phenoxy) is 1. The average Bonchev–Trinajstić information content (AvgIpc) is 2.13. The van der Waals surface area contributed by atoms with Gasteiger partial charge in [0, 0.05) is 15.4 Å². The molecule has 0 unspecified atom stereocenters. The van der Waals surface area contributed by atoms with E-state index in [9.17, 15) is 0 Å². The number of hydrogen-bond acceptors (Lipinski definition) is 2. The summed E-state index contributed by atoms with van der Waals surface area (Å²) in [5.74, 6) is 0. The molecule has 0 fully saturated rings. The van der Waals surface area contributed by atoms with Crippen molar-refractivity contribution in [1.29, 1.82) is 0 Å². The number of rotatable bonds is 1. The highest BCUT2D eigenvalue weighted by Gasteiger charge is 2.00. The fourth-order valence-electron chi connectivity index (χ4n) is 0.535. The highest BCUT2D eigenvalue weighted by molar-refractivity contribution is 9.10. The molecular formula is C6H7BrOS. The Labute approximate surface area is 66.8 Å². The molecule has 0 spiro atoms. The molecule has 3 heteroatoms. The molecule has 50 valence electrons. The van der Waals surface area contributed by atoms with Crippen molar-refractivity contribution in [3.63, 3.8) is 0 Å². The zero-order valence-electron chi connectivity index (χ0n) is 5.27. The lowest BCUT2D eigenvalue weighted by atomic mass is 10.5. The topological polar surface area (TPSA) is 9.23 Å². The van der Waals surface area contributed by atoms with Crippen LogP contribution in [-0.4, -0.2) is 7.11 Å². The second kappa shape index (κ2) is 2.71. The van der Waals surface area contributed by atoms with E-state index in [0.717, 1.165) is 9.54 Å². The second-order valence-corrected chi connectivity index (χ2v) is 3.75. The van der Waals surface area contributed by atoms with E-state index < -0.39 is 0 Å². The van der Waals surface area contributed by atoms with Crippen LogP contribution < -0.4 is 4.74 Å². The predicted molar refractivity (Wildman–Crippen MR) is 43.3 cm³/mol. The summed E-state index contributed by atoms with van der Waals surface area (Å²) in [6.07, 6.45) is 0. The van der Waals surface area contributed by atoms with Crippen molar-refractivity contribution < 1.29 is 4.74 Å². The number of hydrogen-bond donors (Lipinski definition) is 0. The Morgan fingerprint density at radius 1 is 1.67 bits per heavy atom. The summed E-state index contributed by atoms with van der Waals surface area (Å²) in [4.78, 5) is 1.26. The standard InChI is InChI=1S/C6H7BrOS/c1-4-5(7)3-6(8-2)9-4/h3H,1-2H3. The fourth-order valence-corrected chi connectivity index (χ4v) is 1.86. The van der Waals surface area contributed by atoms with Gasteiger partial charge in [0.25, 0.3) is 0 Å². The van der Waals surface area contributed by atoms with Gasteiger partial charge in [-0.25, -0.2) is 0 Å². The lowest BCUT2D eigenvalue weighted by Gasteiger charge is -1.87. The van der Waals surface area contributed by atoms with E-state index in [0.29, 0.717) is 0 Å². The molecule has 0 atom stereocenters. The molecule has 0 N–H and O–H groups in total. The maximum atomic E-state index is 5.00. The molecule has 0 aliphatic carbocycles. The SMILES string of the molecule is COc1cc(Br)c(C)s1. The summed E-state index contributed by atoms with van der Waals surface area (Å²) in [7, 11) is 1.68. The van der Waals surface area contributed by atoms with Crippen LogP contribution in [0.3, 0.4) is 0 Å². The van der Waals surface area contributed by atoms with Gasteiger partial charge in [0.2, 0.25) is 0 Å². The van der Waals surface area contributed by atoms with Gasteiger partial charge in [-0.1, -0.05) is 0 Å². The second-order valence-electron chi connectivity index (χ2n) is 1.67. The van der Waals surface area contributed by atoms with Crippen molar-refractivity contribution in [2.45, 2.75) is 6.92 Å². The molecule has 0 aromatic carbocycles. The van der Waals surface area contributed by atoms with Crippen molar-refractivity contribution in [3.8, 4) is 5.06 Å². The summed E-state index contributed by atoms with van der Waals surface area (Å²) < 4.78 is 6.13. The maximum Gasteiger partial charge on any atom is 0.174 e. The lowest BCUT2D eigenvalue weighted by Crippen LogP contribution is -1.73. The minimum absolute atomic E-state index is 0.958. The van der Waals surface area contributed by atoms with Crippen LogP contribution in [-0.2, 0) is 0 Å². The van der Waals surface area contributed by atoms with Gasteiger partial charge < -0.3 is 4.74 Å². The van der Waals surface area contributed by atoms with Gasteiger partial charge >= 0.3 is 0 Å². The highest BCUT2D eigenvalue weighted by atomic mass is 79.9. The number of thiophene rings is 1. The maximum absolute atomic E-state index is 5.00. The van der Waals surface area contributed by atoms with Crippen LogP contribution in [0.4, 0.5) is 0 Å². The van der Waals surface area contributed by atoms with Crippen molar-refractivity contribution in [2.75, 3.05) is 7.11 Å². The van der Waals surface area contributed by atoms with E-state index in [1.165, 1.54) is 4.88 Å². The normalized spacial score (nSPS) is 9.67. The molecule has 0 saturated carbocycles. The smallest absolute Gasteiger partial charge is 0.174 e. The third-order valence-electron chi connectivity index (χ3n) is 1.04. The van der Waals surface area contributed by atoms with Gasteiger partial charge in [-0.15, -0.1) is 11.3 Å². The van der Waals surface area contributed by atoms with Crippen LogP contribution in [0.15, 0.2) is 10.5 Å². The van der Waals surface area contributed by atoms with Gasteiger partial charge in [-0.05, 0) is 22.9 Å². The van der Waals surface area contributed by atoms with E-state index in [1.807, 2.05) is 6.07 Å². The largest absolute Gasteiger partial charge is 0.487 e. The van der Waals surface area contributed by atoms with E-state index in [4.69, 9.17) is 4.74 Å². The molecule has 1 aromatic heterocycles. The minimum Gasteiger partial charge on any atom is -0.487 e. The van der Waals surface area contributed by atoms with Gasteiger partial charge in [0.15, 0.2) is 5.06 Å². The number of halogens is 1. The van der Waals surface area contributed by atoms with E-state index in [-0.39, 0.29) is 0 Å². The van der Waals surface area contributed by atoms with Crippen LogP contribution in [0.2, 0.25) is 0 Å². The number of methoxy groups -OCH3 is 1. The predicted octanol–water partition coefficient (Wildman–Crippen LogP) is 2.83. The first kappa shape index (κ1) is 7.09. The average molecular weight is 207 g/mol. The third-order valence-corrected chi connectivity index (χ3v) is 3.13. The molecule has 1 heterocycles. The van der Waals surface area contributed by atoms with Crippen LogP contribution in [0.25, 0.3) is 0 Å². The summed E-state index contributed by atoms with van der Waals surface area (Å²) in [6, 6.07) is 1.97. The van der Waals surface area contributed by atoms with Crippen molar-refractivity contribution in [3.05, 3.63) is 15.4 Å². The Kier molecular flexibility index (Phi) is 2.13. The first-order valence-corrected chi connectivity index (χ1v) is 4.15. The van der Waals surface area contributed by atoms with E-state index >= 15 is 0 Å². The monoisotopic (exact) mass is 206 g/mol. The Bertz CT molecular complexity index is 187. The molecule has 0 radical (unpaired) electrons. The Balaban J connectivity index is 2.98. The lowest BCUT2D eigenvalue weighted by molar-refractivity contribution is 0.427. The van der Waals surface area contributed by atoms with Crippen LogP contribution >= 0.6 is 27.3 Å². The minimum atomic E-state index is 0.958. The summed E-state index contributed by atoms with van der Waals surface area (Å²) >= 11 is 5.03. The zero-order valence-corrected chi connectivity index (χ0v) is 7.67. The zero-order chi connectivity index (χ0) is 6.85. The molecular weight excluding hydrogens is 200 g/mol. The van der Waals surface area contributed by atoms with Crippen molar-refractivity contribution >= 4 is 27.3 Å². The van der Waals surface area contributed by atoms with Crippen molar-refractivity contribution in [2.24, 2.45) is 0 Å². The molecule has 0 amide bonds. The van der Waals surface area contributed by atoms with Crippen LogP contribution in [0, 0.1) is 6.92 Å². The Morgan fingerprint density at radius 2 is 2.33 bits per heavy atom. The Hall–Kier alpha value is -0.0200. The molecule has 0 bridgehead atoms. The van der Waals surface area contributed by atoms with Gasteiger partial charge in [-0.3, -0.25) is 0 Å². The third kappa shape index (κ3) is 1.46. The van der Waals surface area contributed by atoms with Gasteiger partial charge in [0.05, 0.1) is 7.11 Å². The highest BCUT2D eigenvalue weighted by Crippen LogP contribution is 2.31. The van der Waals surface area contributed by atoms with Gasteiger partial charge in [-0.2, -0.15) is 0 Å². The van der Waals surface area contributed by atoms with E-state index in [2.05, 4.69) is 22.9 Å². The summed E-state index contributed by atoms with van der Waals surface area (Å²) in [5.41, 5.74) is 0. The molecule has 0 aliphatic rings.